The fourth-order valence-corrected chi connectivity index (χ4v) is 1.10. The fourth-order valence-electron chi connectivity index (χ4n) is 1.10. The first-order valence-electron chi connectivity index (χ1n) is 4.46. The molecule has 1 aromatic carbocycles. The number of carbonyl (C=O) groups excluding carboxylic acids is 1. The summed E-state index contributed by atoms with van der Waals surface area (Å²) in [6.07, 6.45) is 0. The van der Waals surface area contributed by atoms with Gasteiger partial charge in [-0.2, -0.15) is 0 Å². The zero-order valence-corrected chi connectivity index (χ0v) is 8.57. The third-order valence-corrected chi connectivity index (χ3v) is 1.81. The highest BCUT2D eigenvalue weighted by atomic mass is 19.1. The molecular formula is C11H8FN3O. The Kier molecular flexibility index (Phi) is 4.07. The van der Waals surface area contributed by atoms with Crippen molar-refractivity contribution in [3.05, 3.63) is 45.6 Å². The second kappa shape index (κ2) is 5.54. The molecule has 0 spiro atoms. The average molecular weight is 217 g/mol. The Morgan fingerprint density at radius 3 is 3.00 bits per heavy atom. The van der Waals surface area contributed by atoms with E-state index < -0.39 is 5.82 Å². The molecule has 0 amide bonds. The van der Waals surface area contributed by atoms with E-state index in [4.69, 9.17) is 5.53 Å². The van der Waals surface area contributed by atoms with Gasteiger partial charge < -0.3 is 0 Å². The van der Waals surface area contributed by atoms with Gasteiger partial charge in [0.05, 0.1) is 17.7 Å². The molecule has 0 bridgehead atoms. The number of carbonyl (C=O) groups is 1. The summed E-state index contributed by atoms with van der Waals surface area (Å²) in [5, 5.41) is 3.19. The molecule has 0 aliphatic carbocycles. The van der Waals surface area contributed by atoms with Gasteiger partial charge in [0.1, 0.15) is 5.82 Å². The van der Waals surface area contributed by atoms with Gasteiger partial charge in [-0.1, -0.05) is 23.0 Å². The van der Waals surface area contributed by atoms with E-state index in [2.05, 4.69) is 21.9 Å². The minimum Gasteiger partial charge on any atom is -0.294 e. The van der Waals surface area contributed by atoms with Crippen molar-refractivity contribution in [2.24, 2.45) is 5.11 Å². The zero-order chi connectivity index (χ0) is 12.0. The van der Waals surface area contributed by atoms with Crippen LogP contribution in [0.3, 0.4) is 0 Å². The largest absolute Gasteiger partial charge is 0.294 e. The molecule has 0 N–H and O–H groups in total. The molecule has 0 aliphatic rings. The lowest BCUT2D eigenvalue weighted by Gasteiger charge is -1.99. The van der Waals surface area contributed by atoms with Crippen molar-refractivity contribution in [2.45, 2.75) is 6.92 Å². The molecule has 16 heavy (non-hydrogen) atoms. The summed E-state index contributed by atoms with van der Waals surface area (Å²) >= 11 is 0. The Balaban J connectivity index is 3.04. The lowest BCUT2D eigenvalue weighted by Crippen LogP contribution is -1.98. The smallest absolute Gasteiger partial charge is 0.162 e. The van der Waals surface area contributed by atoms with Crippen molar-refractivity contribution >= 4 is 5.78 Å². The Morgan fingerprint density at radius 2 is 2.38 bits per heavy atom. The van der Waals surface area contributed by atoms with Gasteiger partial charge in [-0.05, 0) is 24.6 Å². The van der Waals surface area contributed by atoms with E-state index in [9.17, 15) is 9.18 Å². The average Bonchev–Trinajstić information content (AvgIpc) is 2.26. The number of halogens is 1. The molecule has 1 aromatic rings. The molecule has 0 aromatic heterocycles. The minimum atomic E-state index is -0.636. The maximum absolute atomic E-state index is 13.6. The third kappa shape index (κ3) is 2.84. The summed E-state index contributed by atoms with van der Waals surface area (Å²) in [6.45, 7) is 1.26. The molecule has 0 saturated heterocycles. The predicted octanol–water partition coefficient (Wildman–Crippen LogP) is 2.69. The second-order valence-corrected chi connectivity index (χ2v) is 2.91. The van der Waals surface area contributed by atoms with Crippen LogP contribution in [0.2, 0.25) is 0 Å². The number of nitrogens with zero attached hydrogens (tertiary/aromatic N) is 3. The lowest BCUT2D eigenvalue weighted by molar-refractivity contribution is 0.101. The van der Waals surface area contributed by atoms with Crippen molar-refractivity contribution in [1.82, 2.24) is 0 Å². The predicted molar refractivity (Wildman–Crippen MR) is 57.3 cm³/mol. The Hall–Kier alpha value is -2.31. The van der Waals surface area contributed by atoms with E-state index in [1.807, 2.05) is 0 Å². The SMILES string of the molecule is CC(=O)c1cccc(C#CCN=[N+]=[N-])c1F. The lowest BCUT2D eigenvalue weighted by atomic mass is 10.1. The number of Topliss-reactive ketones (excluding diaryl/α,β-unsaturated/α-hetero) is 1. The monoisotopic (exact) mass is 217 g/mol. The van der Waals surface area contributed by atoms with E-state index in [0.717, 1.165) is 0 Å². The van der Waals surface area contributed by atoms with E-state index in [0.29, 0.717) is 0 Å². The summed E-state index contributed by atoms with van der Waals surface area (Å²) < 4.78 is 13.6. The summed E-state index contributed by atoms with van der Waals surface area (Å²) in [6, 6.07) is 4.42. The molecule has 5 heteroatoms. The number of benzene rings is 1. The van der Waals surface area contributed by atoms with Gasteiger partial charge in [0, 0.05) is 4.91 Å². The molecule has 0 saturated carbocycles. The highest BCUT2D eigenvalue weighted by Gasteiger charge is 2.09. The van der Waals surface area contributed by atoms with Crippen molar-refractivity contribution in [3.8, 4) is 11.8 Å². The van der Waals surface area contributed by atoms with Crippen LogP contribution in [-0.4, -0.2) is 12.3 Å². The summed E-state index contributed by atoms with van der Waals surface area (Å²) in [4.78, 5) is 13.5. The highest BCUT2D eigenvalue weighted by molar-refractivity contribution is 5.94. The van der Waals surface area contributed by atoms with Gasteiger partial charge in [-0.3, -0.25) is 4.79 Å². The van der Waals surface area contributed by atoms with Crippen molar-refractivity contribution < 1.29 is 9.18 Å². The first kappa shape index (κ1) is 11.8. The van der Waals surface area contributed by atoms with E-state index in [1.165, 1.54) is 19.1 Å². The summed E-state index contributed by atoms with van der Waals surface area (Å²) in [5.41, 5.74) is 8.14. The van der Waals surface area contributed by atoms with Crippen molar-refractivity contribution in [2.75, 3.05) is 6.54 Å². The quantitative estimate of drug-likeness (QED) is 0.247. The van der Waals surface area contributed by atoms with Crippen LogP contribution in [0.25, 0.3) is 10.4 Å². The third-order valence-electron chi connectivity index (χ3n) is 1.81. The van der Waals surface area contributed by atoms with Crippen LogP contribution < -0.4 is 0 Å². The number of hydrogen-bond donors (Lipinski definition) is 0. The first-order valence-corrected chi connectivity index (χ1v) is 4.46. The van der Waals surface area contributed by atoms with Gasteiger partial charge in [0.15, 0.2) is 5.78 Å². The number of azide groups is 1. The van der Waals surface area contributed by atoms with Crippen LogP contribution in [0.15, 0.2) is 23.3 Å². The minimum absolute atomic E-state index is 0.00980. The highest BCUT2D eigenvalue weighted by Crippen LogP contribution is 2.12. The van der Waals surface area contributed by atoms with Gasteiger partial charge in [0.2, 0.25) is 0 Å². The van der Waals surface area contributed by atoms with Gasteiger partial charge in [-0.15, -0.1) is 0 Å². The van der Waals surface area contributed by atoms with Gasteiger partial charge in [0.25, 0.3) is 0 Å². The van der Waals surface area contributed by atoms with E-state index >= 15 is 0 Å². The maximum Gasteiger partial charge on any atom is 0.162 e. The van der Waals surface area contributed by atoms with E-state index in [1.54, 1.807) is 6.07 Å². The summed E-state index contributed by atoms with van der Waals surface area (Å²) in [7, 11) is 0. The standard InChI is InChI=1S/C11H8FN3O/c1-8(16)10-6-2-4-9(11(10)12)5-3-7-14-15-13/h2,4,6H,7H2,1H3. The molecule has 4 nitrogen and oxygen atoms in total. The molecular weight excluding hydrogens is 209 g/mol. The Labute approximate surface area is 91.7 Å². The normalized spacial score (nSPS) is 8.62. The van der Waals surface area contributed by atoms with Crippen molar-refractivity contribution in [3.63, 3.8) is 0 Å². The molecule has 1 rings (SSSR count). The van der Waals surface area contributed by atoms with E-state index in [-0.39, 0.29) is 23.5 Å². The van der Waals surface area contributed by atoms with Crippen molar-refractivity contribution in [1.29, 1.82) is 0 Å². The summed E-state index contributed by atoms with van der Waals surface area (Å²) in [5.74, 6) is 4.00. The van der Waals surface area contributed by atoms with Crippen LogP contribution in [0, 0.1) is 17.7 Å². The number of ketones is 1. The van der Waals surface area contributed by atoms with Crippen LogP contribution in [0.5, 0.6) is 0 Å². The molecule has 80 valence electrons. The Morgan fingerprint density at radius 1 is 1.62 bits per heavy atom. The van der Waals surface area contributed by atoms with Gasteiger partial charge >= 0.3 is 0 Å². The second-order valence-electron chi connectivity index (χ2n) is 2.91. The van der Waals surface area contributed by atoms with Crippen LogP contribution in [0.4, 0.5) is 4.39 Å². The topological polar surface area (TPSA) is 65.8 Å². The molecule has 0 fully saturated rings. The van der Waals surface area contributed by atoms with Crippen LogP contribution in [-0.2, 0) is 0 Å². The molecule has 0 atom stereocenters. The fraction of sp³-hybridized carbons (Fsp3) is 0.182. The first-order chi connectivity index (χ1) is 7.66. The number of rotatable bonds is 2. The maximum atomic E-state index is 13.6. The molecule has 0 heterocycles. The molecule has 0 aliphatic heterocycles. The van der Waals surface area contributed by atoms with Crippen LogP contribution >= 0.6 is 0 Å². The number of hydrogen-bond acceptors (Lipinski definition) is 2. The van der Waals surface area contributed by atoms with Gasteiger partial charge in [-0.25, -0.2) is 4.39 Å². The molecule has 0 unspecified atom stereocenters. The Bertz CT molecular complexity index is 522. The zero-order valence-electron chi connectivity index (χ0n) is 8.57. The van der Waals surface area contributed by atoms with Crippen LogP contribution in [0.1, 0.15) is 22.8 Å². The molecule has 0 radical (unpaired) electrons.